The average molecular weight is 319 g/mol. The topological polar surface area (TPSA) is 46.3 Å². The summed E-state index contributed by atoms with van der Waals surface area (Å²) in [6, 6.07) is 16.5. The summed E-state index contributed by atoms with van der Waals surface area (Å²) in [5.74, 6) is 1.48. The molecule has 0 N–H and O–H groups in total. The Kier molecular flexibility index (Phi) is 4.42. The first-order chi connectivity index (χ1) is 11.7. The van der Waals surface area contributed by atoms with Gasteiger partial charge in [0.15, 0.2) is 0 Å². The Morgan fingerprint density at radius 2 is 1.79 bits per heavy atom. The van der Waals surface area contributed by atoms with Crippen molar-refractivity contribution in [2.75, 3.05) is 11.9 Å². The molecule has 5 nitrogen and oxygen atoms in total. The molecule has 0 aliphatic heterocycles. The predicted molar refractivity (Wildman–Crippen MR) is 98.9 cm³/mol. The SMILES string of the molecule is CC.Cc1cccc(N(C)c2nc3nncn3c3ccccc23)c1. The van der Waals surface area contributed by atoms with Gasteiger partial charge >= 0.3 is 0 Å². The molecule has 0 aliphatic rings. The van der Waals surface area contributed by atoms with Crippen LogP contribution < -0.4 is 4.90 Å². The van der Waals surface area contributed by atoms with Crippen molar-refractivity contribution < 1.29 is 0 Å². The van der Waals surface area contributed by atoms with E-state index in [1.54, 1.807) is 6.33 Å². The number of fused-ring (bicyclic) bond motifs is 3. The molecule has 5 heteroatoms. The minimum atomic E-state index is 0.605. The molecule has 0 spiro atoms. The van der Waals surface area contributed by atoms with Crippen molar-refractivity contribution in [1.29, 1.82) is 0 Å². The lowest BCUT2D eigenvalue weighted by Crippen LogP contribution is -2.13. The number of benzene rings is 2. The summed E-state index contributed by atoms with van der Waals surface area (Å²) < 4.78 is 1.91. The molecule has 0 saturated heterocycles. The third-order valence-electron chi connectivity index (χ3n) is 3.85. The van der Waals surface area contributed by atoms with Crippen molar-refractivity contribution in [3.8, 4) is 0 Å². The summed E-state index contributed by atoms with van der Waals surface area (Å²) in [6.45, 7) is 6.09. The lowest BCUT2D eigenvalue weighted by Gasteiger charge is -2.20. The number of para-hydroxylation sites is 1. The number of aromatic nitrogens is 4. The number of rotatable bonds is 2. The van der Waals surface area contributed by atoms with Crippen molar-refractivity contribution in [2.24, 2.45) is 0 Å². The zero-order valence-electron chi connectivity index (χ0n) is 14.4. The molecule has 0 amide bonds. The van der Waals surface area contributed by atoms with Crippen molar-refractivity contribution >= 4 is 28.2 Å². The Morgan fingerprint density at radius 3 is 2.58 bits per heavy atom. The van der Waals surface area contributed by atoms with Gasteiger partial charge in [0.25, 0.3) is 5.78 Å². The van der Waals surface area contributed by atoms with Crippen molar-refractivity contribution in [3.05, 3.63) is 60.4 Å². The van der Waals surface area contributed by atoms with Crippen LogP contribution in [0.1, 0.15) is 19.4 Å². The van der Waals surface area contributed by atoms with Gasteiger partial charge in [0.1, 0.15) is 12.1 Å². The van der Waals surface area contributed by atoms with E-state index in [0.29, 0.717) is 5.78 Å². The maximum Gasteiger partial charge on any atom is 0.257 e. The zero-order chi connectivity index (χ0) is 17.1. The fourth-order valence-corrected chi connectivity index (χ4v) is 2.72. The first-order valence-electron chi connectivity index (χ1n) is 8.13. The van der Waals surface area contributed by atoms with Gasteiger partial charge in [-0.15, -0.1) is 10.2 Å². The van der Waals surface area contributed by atoms with Gasteiger partial charge in [-0.3, -0.25) is 4.40 Å². The Bertz CT molecular complexity index is 974. The molecule has 122 valence electrons. The summed E-state index contributed by atoms with van der Waals surface area (Å²) in [6.07, 6.45) is 1.70. The van der Waals surface area contributed by atoms with E-state index >= 15 is 0 Å². The minimum absolute atomic E-state index is 0.605. The average Bonchev–Trinajstić information content (AvgIpc) is 3.11. The van der Waals surface area contributed by atoms with Gasteiger partial charge in [-0.2, -0.15) is 4.98 Å². The van der Waals surface area contributed by atoms with Gasteiger partial charge in [-0.05, 0) is 36.8 Å². The van der Waals surface area contributed by atoms with E-state index in [-0.39, 0.29) is 0 Å². The van der Waals surface area contributed by atoms with Crippen molar-refractivity contribution in [3.63, 3.8) is 0 Å². The fourth-order valence-electron chi connectivity index (χ4n) is 2.72. The van der Waals surface area contributed by atoms with E-state index in [9.17, 15) is 0 Å². The van der Waals surface area contributed by atoms with E-state index < -0.39 is 0 Å². The Labute approximate surface area is 141 Å². The van der Waals surface area contributed by atoms with Gasteiger partial charge in [-0.1, -0.05) is 38.1 Å². The predicted octanol–water partition coefficient (Wildman–Crippen LogP) is 4.38. The highest BCUT2D eigenvalue weighted by molar-refractivity contribution is 5.93. The van der Waals surface area contributed by atoms with Gasteiger partial charge in [-0.25, -0.2) is 0 Å². The van der Waals surface area contributed by atoms with E-state index in [1.165, 1.54) is 5.56 Å². The van der Waals surface area contributed by atoms with Crippen LogP contribution >= 0.6 is 0 Å². The van der Waals surface area contributed by atoms with Crippen LogP contribution in [0.4, 0.5) is 11.5 Å². The Hall–Kier alpha value is -2.95. The number of nitrogens with zero attached hydrogens (tertiary/aromatic N) is 5. The summed E-state index contributed by atoms with van der Waals surface area (Å²) >= 11 is 0. The zero-order valence-corrected chi connectivity index (χ0v) is 14.4. The molecule has 0 saturated carbocycles. The highest BCUT2D eigenvalue weighted by atomic mass is 15.3. The Balaban J connectivity index is 0.000000815. The fraction of sp³-hybridized carbons (Fsp3) is 0.211. The molecule has 4 aromatic rings. The van der Waals surface area contributed by atoms with Crippen LogP contribution in [-0.4, -0.2) is 26.6 Å². The molecule has 2 heterocycles. The van der Waals surface area contributed by atoms with E-state index in [2.05, 4.69) is 63.4 Å². The normalized spacial score (nSPS) is 10.5. The molecular weight excluding hydrogens is 298 g/mol. The molecule has 0 aliphatic carbocycles. The Morgan fingerprint density at radius 1 is 1.00 bits per heavy atom. The van der Waals surface area contributed by atoms with E-state index in [0.717, 1.165) is 22.4 Å². The third-order valence-corrected chi connectivity index (χ3v) is 3.85. The van der Waals surface area contributed by atoms with Crippen molar-refractivity contribution in [2.45, 2.75) is 20.8 Å². The monoisotopic (exact) mass is 319 g/mol. The highest BCUT2D eigenvalue weighted by Gasteiger charge is 2.13. The van der Waals surface area contributed by atoms with Crippen LogP contribution in [0.5, 0.6) is 0 Å². The van der Waals surface area contributed by atoms with E-state index in [1.807, 2.05) is 37.4 Å². The summed E-state index contributed by atoms with van der Waals surface area (Å²) in [5.41, 5.74) is 3.37. The molecule has 2 aromatic heterocycles. The molecule has 2 aromatic carbocycles. The second-order valence-electron chi connectivity index (χ2n) is 5.35. The maximum absolute atomic E-state index is 4.68. The summed E-state index contributed by atoms with van der Waals surface area (Å²) in [7, 11) is 2.02. The van der Waals surface area contributed by atoms with E-state index in [4.69, 9.17) is 0 Å². The largest absolute Gasteiger partial charge is 0.329 e. The molecule has 0 unspecified atom stereocenters. The second kappa shape index (κ2) is 6.66. The van der Waals surface area contributed by atoms with Crippen LogP contribution in [0.2, 0.25) is 0 Å². The first kappa shape index (κ1) is 15.9. The minimum Gasteiger partial charge on any atom is -0.329 e. The molecular formula is C19H21N5. The van der Waals surface area contributed by atoms with Crippen LogP contribution in [0.15, 0.2) is 54.9 Å². The molecule has 0 atom stereocenters. The van der Waals surface area contributed by atoms with Crippen LogP contribution in [0, 0.1) is 6.92 Å². The smallest absolute Gasteiger partial charge is 0.257 e. The molecule has 0 fully saturated rings. The molecule has 0 radical (unpaired) electrons. The van der Waals surface area contributed by atoms with Crippen molar-refractivity contribution in [1.82, 2.24) is 19.6 Å². The quantitative estimate of drug-likeness (QED) is 0.550. The van der Waals surface area contributed by atoms with Gasteiger partial charge < -0.3 is 4.90 Å². The lowest BCUT2D eigenvalue weighted by atomic mass is 10.2. The van der Waals surface area contributed by atoms with Crippen LogP contribution in [0.3, 0.4) is 0 Å². The molecule has 0 bridgehead atoms. The molecule has 4 rings (SSSR count). The van der Waals surface area contributed by atoms with Gasteiger partial charge in [0, 0.05) is 18.1 Å². The third kappa shape index (κ3) is 2.69. The number of hydrogen-bond acceptors (Lipinski definition) is 4. The summed E-state index contributed by atoms with van der Waals surface area (Å²) in [4.78, 5) is 6.77. The standard InChI is InChI=1S/C17H15N5.C2H6/c1-12-6-5-7-13(10-12)21(2)16-14-8-3-4-9-15(14)22-11-18-20-17(22)19-16;1-2/h3-11H,1-2H3;1-2H3. The first-order valence-corrected chi connectivity index (χ1v) is 8.13. The van der Waals surface area contributed by atoms with Crippen LogP contribution in [0.25, 0.3) is 16.7 Å². The van der Waals surface area contributed by atoms with Gasteiger partial charge in [0.05, 0.1) is 5.52 Å². The maximum atomic E-state index is 4.68. The van der Waals surface area contributed by atoms with Gasteiger partial charge in [0.2, 0.25) is 0 Å². The number of anilines is 2. The number of hydrogen-bond donors (Lipinski definition) is 0. The second-order valence-corrected chi connectivity index (χ2v) is 5.35. The lowest BCUT2D eigenvalue weighted by molar-refractivity contribution is 1.08. The summed E-state index contributed by atoms with van der Waals surface area (Å²) in [5, 5.41) is 9.14. The molecule has 24 heavy (non-hydrogen) atoms. The highest BCUT2D eigenvalue weighted by Crippen LogP contribution is 2.30. The van der Waals surface area contributed by atoms with Crippen LogP contribution in [-0.2, 0) is 0 Å². The number of aryl methyl sites for hydroxylation is 1.